The van der Waals surface area contributed by atoms with Crippen LogP contribution in [0.25, 0.3) is 11.3 Å². The number of benzene rings is 1. The van der Waals surface area contributed by atoms with Gasteiger partial charge >= 0.3 is 0 Å². The third kappa shape index (κ3) is 3.31. The molecule has 0 aliphatic carbocycles. The molecule has 0 aliphatic rings. The minimum atomic E-state index is -0.311. The molecular formula is C17H16FN3O2. The van der Waals surface area contributed by atoms with E-state index in [0.29, 0.717) is 17.9 Å². The molecule has 1 N–H and O–H groups in total. The number of aryl methyl sites for hydroxylation is 1. The van der Waals surface area contributed by atoms with Crippen molar-refractivity contribution in [1.82, 2.24) is 15.1 Å². The Bertz CT molecular complexity index is 820. The summed E-state index contributed by atoms with van der Waals surface area (Å²) < 4.78 is 18.4. The number of aromatic nitrogens is 2. The molecule has 0 bridgehead atoms. The summed E-state index contributed by atoms with van der Waals surface area (Å²) in [7, 11) is 1.69. The number of nitrogens with one attached hydrogen (secondary N) is 1. The highest BCUT2D eigenvalue weighted by Gasteiger charge is 2.16. The maximum absolute atomic E-state index is 13.0. The van der Waals surface area contributed by atoms with Crippen molar-refractivity contribution in [3.63, 3.8) is 0 Å². The lowest BCUT2D eigenvalue weighted by Crippen LogP contribution is -2.26. The minimum Gasteiger partial charge on any atom is -0.464 e. The first-order chi connectivity index (χ1) is 11.0. The van der Waals surface area contributed by atoms with Gasteiger partial charge in [-0.1, -0.05) is 0 Å². The van der Waals surface area contributed by atoms with E-state index in [1.807, 2.05) is 19.1 Å². The van der Waals surface area contributed by atoms with E-state index in [0.717, 1.165) is 17.1 Å². The van der Waals surface area contributed by atoms with Gasteiger partial charge in [-0.15, -0.1) is 0 Å². The smallest absolute Gasteiger partial charge is 0.272 e. The molecule has 1 amide bonds. The molecular weight excluding hydrogens is 297 g/mol. The number of nitrogens with zero attached hydrogens (tertiary/aromatic N) is 2. The largest absolute Gasteiger partial charge is 0.464 e. The van der Waals surface area contributed by atoms with Crippen LogP contribution in [0, 0.1) is 12.7 Å². The van der Waals surface area contributed by atoms with Crippen LogP contribution in [0.2, 0.25) is 0 Å². The fourth-order valence-electron chi connectivity index (χ4n) is 2.28. The van der Waals surface area contributed by atoms with Crippen LogP contribution < -0.4 is 0 Å². The van der Waals surface area contributed by atoms with Gasteiger partial charge in [-0.2, -0.15) is 5.10 Å². The second-order valence-electron chi connectivity index (χ2n) is 5.35. The number of carbonyl (C=O) groups excluding carboxylic acids is 1. The Hall–Kier alpha value is -2.89. The van der Waals surface area contributed by atoms with Crippen LogP contribution in [-0.2, 0) is 6.54 Å². The molecule has 1 aromatic carbocycles. The van der Waals surface area contributed by atoms with Gasteiger partial charge in [0.2, 0.25) is 0 Å². The Kier molecular flexibility index (Phi) is 3.97. The molecule has 0 unspecified atom stereocenters. The number of amides is 1. The van der Waals surface area contributed by atoms with Gasteiger partial charge in [-0.05, 0) is 49.4 Å². The zero-order valence-electron chi connectivity index (χ0n) is 12.8. The summed E-state index contributed by atoms with van der Waals surface area (Å²) in [4.78, 5) is 13.9. The lowest BCUT2D eigenvalue weighted by Gasteiger charge is -2.14. The lowest BCUT2D eigenvalue weighted by molar-refractivity contribution is 0.0769. The summed E-state index contributed by atoms with van der Waals surface area (Å²) in [5, 5.41) is 6.84. The summed E-state index contributed by atoms with van der Waals surface area (Å²) >= 11 is 0. The van der Waals surface area contributed by atoms with Crippen molar-refractivity contribution in [3.8, 4) is 11.3 Å². The number of H-pyrrole nitrogens is 1. The fourth-order valence-corrected chi connectivity index (χ4v) is 2.28. The monoisotopic (exact) mass is 313 g/mol. The molecule has 0 spiro atoms. The number of carbonyl (C=O) groups is 1. The Balaban J connectivity index is 1.74. The molecule has 2 heterocycles. The maximum Gasteiger partial charge on any atom is 0.272 e. The number of hydrogen-bond donors (Lipinski definition) is 1. The molecule has 3 rings (SSSR count). The normalized spacial score (nSPS) is 10.7. The number of rotatable bonds is 4. The predicted molar refractivity (Wildman–Crippen MR) is 83.2 cm³/mol. The Morgan fingerprint density at radius 3 is 2.65 bits per heavy atom. The van der Waals surface area contributed by atoms with E-state index >= 15 is 0 Å². The molecule has 0 fully saturated rings. The number of halogens is 1. The van der Waals surface area contributed by atoms with Crippen molar-refractivity contribution in [3.05, 3.63) is 65.5 Å². The predicted octanol–water partition coefficient (Wildman–Crippen LogP) is 3.39. The van der Waals surface area contributed by atoms with Crippen molar-refractivity contribution in [1.29, 1.82) is 0 Å². The second-order valence-corrected chi connectivity index (χ2v) is 5.35. The first-order valence-electron chi connectivity index (χ1n) is 7.15. The lowest BCUT2D eigenvalue weighted by atomic mass is 10.1. The van der Waals surface area contributed by atoms with E-state index in [1.165, 1.54) is 12.1 Å². The van der Waals surface area contributed by atoms with Gasteiger partial charge in [-0.25, -0.2) is 4.39 Å². The first-order valence-corrected chi connectivity index (χ1v) is 7.15. The van der Waals surface area contributed by atoms with E-state index in [9.17, 15) is 9.18 Å². The minimum absolute atomic E-state index is 0.195. The van der Waals surface area contributed by atoms with Crippen LogP contribution >= 0.6 is 0 Å². The zero-order chi connectivity index (χ0) is 16.4. The average Bonchev–Trinajstić information content (AvgIpc) is 3.16. The topological polar surface area (TPSA) is 62.1 Å². The third-order valence-electron chi connectivity index (χ3n) is 3.48. The molecule has 5 nitrogen and oxygen atoms in total. The standard InChI is InChI=1S/C17H16FN3O2/c1-11-3-8-14(23-11)10-21(2)17(22)16-9-15(19-20-16)12-4-6-13(18)7-5-12/h3-9H,10H2,1-2H3,(H,19,20). The summed E-state index contributed by atoms with van der Waals surface area (Å²) in [6, 6.07) is 11.3. The second kappa shape index (κ2) is 6.08. The summed E-state index contributed by atoms with van der Waals surface area (Å²) in [5.41, 5.74) is 1.71. The van der Waals surface area contributed by atoms with Crippen LogP contribution in [0.4, 0.5) is 4.39 Å². The quantitative estimate of drug-likeness (QED) is 0.803. The molecule has 0 saturated carbocycles. The van der Waals surface area contributed by atoms with Crippen LogP contribution in [0.5, 0.6) is 0 Å². The van der Waals surface area contributed by atoms with Crippen LogP contribution in [-0.4, -0.2) is 28.1 Å². The van der Waals surface area contributed by atoms with Gasteiger partial charge in [0.15, 0.2) is 0 Å². The van der Waals surface area contributed by atoms with Crippen molar-refractivity contribution < 1.29 is 13.6 Å². The Morgan fingerprint density at radius 1 is 1.26 bits per heavy atom. The Labute approximate surface area is 132 Å². The maximum atomic E-state index is 13.0. The average molecular weight is 313 g/mol. The highest BCUT2D eigenvalue weighted by Crippen LogP contribution is 2.19. The molecule has 0 saturated heterocycles. The van der Waals surface area contributed by atoms with Gasteiger partial charge in [0.05, 0.1) is 12.2 Å². The molecule has 0 atom stereocenters. The van der Waals surface area contributed by atoms with E-state index in [-0.39, 0.29) is 11.7 Å². The first kappa shape index (κ1) is 15.0. The zero-order valence-corrected chi connectivity index (χ0v) is 12.8. The highest BCUT2D eigenvalue weighted by atomic mass is 19.1. The van der Waals surface area contributed by atoms with E-state index in [1.54, 1.807) is 30.1 Å². The van der Waals surface area contributed by atoms with Crippen molar-refractivity contribution in [2.75, 3.05) is 7.05 Å². The summed E-state index contributed by atoms with van der Waals surface area (Å²) in [5.74, 6) is 1.02. The molecule has 23 heavy (non-hydrogen) atoms. The van der Waals surface area contributed by atoms with E-state index in [4.69, 9.17) is 4.42 Å². The van der Waals surface area contributed by atoms with Gasteiger partial charge in [0, 0.05) is 12.6 Å². The third-order valence-corrected chi connectivity index (χ3v) is 3.48. The number of aromatic amines is 1. The number of furan rings is 1. The van der Waals surface area contributed by atoms with E-state index < -0.39 is 0 Å². The molecule has 6 heteroatoms. The highest BCUT2D eigenvalue weighted by molar-refractivity contribution is 5.93. The number of hydrogen-bond acceptors (Lipinski definition) is 3. The summed E-state index contributed by atoms with van der Waals surface area (Å²) in [6.45, 7) is 2.23. The Morgan fingerprint density at radius 2 is 2.00 bits per heavy atom. The van der Waals surface area contributed by atoms with Crippen molar-refractivity contribution in [2.45, 2.75) is 13.5 Å². The van der Waals surface area contributed by atoms with Gasteiger partial charge in [0.1, 0.15) is 23.0 Å². The molecule has 2 aromatic heterocycles. The molecule has 118 valence electrons. The SMILES string of the molecule is Cc1ccc(CN(C)C(=O)c2cc(-c3ccc(F)cc3)n[nH]2)o1. The van der Waals surface area contributed by atoms with Crippen LogP contribution in [0.15, 0.2) is 46.9 Å². The van der Waals surface area contributed by atoms with Crippen molar-refractivity contribution >= 4 is 5.91 Å². The van der Waals surface area contributed by atoms with Gasteiger partial charge in [0.25, 0.3) is 5.91 Å². The molecule has 3 aromatic rings. The van der Waals surface area contributed by atoms with Crippen LogP contribution in [0.3, 0.4) is 0 Å². The van der Waals surface area contributed by atoms with Gasteiger partial charge < -0.3 is 9.32 Å². The molecule has 0 aliphatic heterocycles. The molecule has 0 radical (unpaired) electrons. The van der Waals surface area contributed by atoms with E-state index in [2.05, 4.69) is 10.2 Å². The summed E-state index contributed by atoms with van der Waals surface area (Å²) in [6.07, 6.45) is 0. The van der Waals surface area contributed by atoms with Crippen molar-refractivity contribution in [2.24, 2.45) is 0 Å². The fraction of sp³-hybridized carbons (Fsp3) is 0.176. The van der Waals surface area contributed by atoms with Crippen LogP contribution in [0.1, 0.15) is 22.0 Å². The van der Waals surface area contributed by atoms with Gasteiger partial charge in [-0.3, -0.25) is 9.89 Å².